The van der Waals surface area contributed by atoms with E-state index in [0.29, 0.717) is 17.0 Å². The Balaban J connectivity index is 1.49. The van der Waals surface area contributed by atoms with Crippen LogP contribution in [0.4, 0.5) is 5.69 Å². The van der Waals surface area contributed by atoms with Gasteiger partial charge in [-0.05, 0) is 76.5 Å². The van der Waals surface area contributed by atoms with Crippen LogP contribution in [0.5, 0.6) is 5.75 Å². The quantitative estimate of drug-likeness (QED) is 0.460. The second kappa shape index (κ2) is 9.20. The molecule has 7 heteroatoms. The highest BCUT2D eigenvalue weighted by Gasteiger charge is 2.28. The van der Waals surface area contributed by atoms with Crippen LogP contribution < -0.4 is 9.75 Å². The first-order chi connectivity index (χ1) is 15.4. The minimum atomic E-state index is -0.975. The van der Waals surface area contributed by atoms with Gasteiger partial charge >= 0.3 is 5.97 Å². The average molecular weight is 491 g/mol. The number of aromatic carboxylic acids is 1. The van der Waals surface area contributed by atoms with Crippen LogP contribution in [0, 0.1) is 0 Å². The maximum atomic E-state index is 12.9. The molecular weight excluding hydrogens is 472 g/mol. The monoisotopic (exact) mass is 490 g/mol. The number of amides is 1. The molecule has 3 aromatic carbocycles. The van der Waals surface area contributed by atoms with Gasteiger partial charge in [0.2, 0.25) is 0 Å². The van der Waals surface area contributed by atoms with E-state index >= 15 is 0 Å². The smallest absolute Gasteiger partial charge is 0.335 e. The van der Waals surface area contributed by atoms with Crippen LogP contribution in [0.2, 0.25) is 0 Å². The summed E-state index contributed by atoms with van der Waals surface area (Å²) < 4.78 is 6.56. The van der Waals surface area contributed by atoms with Crippen molar-refractivity contribution in [3.63, 3.8) is 0 Å². The normalized spacial score (nSPS) is 14.6. The van der Waals surface area contributed by atoms with Gasteiger partial charge in [0.05, 0.1) is 27.0 Å². The first-order valence-corrected chi connectivity index (χ1v) is 10.6. The molecule has 1 aliphatic heterocycles. The van der Waals surface area contributed by atoms with Crippen LogP contribution in [0.15, 0.2) is 87.9 Å². The molecule has 0 bridgehead atoms. The lowest BCUT2D eigenvalue weighted by molar-refractivity contribution is -0.114. The number of anilines is 1. The number of ether oxygens (including phenoxy) is 1. The van der Waals surface area contributed by atoms with E-state index in [9.17, 15) is 9.59 Å². The second-order valence-electron chi connectivity index (χ2n) is 7.18. The zero-order valence-corrected chi connectivity index (χ0v) is 18.7. The predicted octanol–water partition coefficient (Wildman–Crippen LogP) is 5.53. The second-order valence-corrected chi connectivity index (χ2v) is 8.03. The van der Waals surface area contributed by atoms with E-state index in [4.69, 9.17) is 9.84 Å². The van der Waals surface area contributed by atoms with E-state index in [-0.39, 0.29) is 18.1 Å². The lowest BCUT2D eigenvalue weighted by Crippen LogP contribution is -2.21. The average Bonchev–Trinajstić information content (AvgIpc) is 3.07. The molecule has 0 aliphatic carbocycles. The van der Waals surface area contributed by atoms with Crippen molar-refractivity contribution in [2.24, 2.45) is 5.10 Å². The summed E-state index contributed by atoms with van der Waals surface area (Å²) in [6, 6.07) is 21.4. The van der Waals surface area contributed by atoms with Gasteiger partial charge in [-0.3, -0.25) is 4.79 Å². The van der Waals surface area contributed by atoms with E-state index in [2.05, 4.69) is 21.0 Å². The third kappa shape index (κ3) is 4.63. The van der Waals surface area contributed by atoms with Crippen molar-refractivity contribution in [2.45, 2.75) is 13.5 Å². The molecule has 1 heterocycles. The summed E-state index contributed by atoms with van der Waals surface area (Å²) in [7, 11) is 0. The van der Waals surface area contributed by atoms with Crippen molar-refractivity contribution in [1.29, 1.82) is 0 Å². The van der Waals surface area contributed by atoms with Crippen molar-refractivity contribution in [1.82, 2.24) is 0 Å². The number of hydrogen-bond donors (Lipinski definition) is 1. The molecule has 0 fully saturated rings. The lowest BCUT2D eigenvalue weighted by Gasteiger charge is -2.11. The predicted molar refractivity (Wildman–Crippen MR) is 127 cm³/mol. The van der Waals surface area contributed by atoms with E-state index < -0.39 is 5.97 Å². The SMILES string of the molecule is CC1=NN(c2ccccc2)C(=O)/C1=C/c1ccc(OCc2cccc(C(=O)O)c2)c(Br)c1. The van der Waals surface area contributed by atoms with Crippen molar-refractivity contribution in [3.8, 4) is 5.75 Å². The maximum absolute atomic E-state index is 12.9. The molecule has 0 unspecified atom stereocenters. The number of carbonyl (C=O) groups excluding carboxylic acids is 1. The van der Waals surface area contributed by atoms with Crippen molar-refractivity contribution in [2.75, 3.05) is 5.01 Å². The Morgan fingerprint density at radius 2 is 1.88 bits per heavy atom. The Kier molecular flexibility index (Phi) is 6.18. The minimum Gasteiger partial charge on any atom is -0.488 e. The Morgan fingerprint density at radius 1 is 1.09 bits per heavy atom. The summed E-state index contributed by atoms with van der Waals surface area (Å²) in [6.45, 7) is 2.04. The Labute approximate surface area is 193 Å². The molecule has 0 aromatic heterocycles. The summed E-state index contributed by atoms with van der Waals surface area (Å²) >= 11 is 3.51. The van der Waals surface area contributed by atoms with Gasteiger partial charge in [-0.15, -0.1) is 0 Å². The molecule has 1 amide bonds. The van der Waals surface area contributed by atoms with Crippen LogP contribution in [-0.4, -0.2) is 22.7 Å². The molecular formula is C25H19BrN2O4. The fourth-order valence-corrected chi connectivity index (χ4v) is 3.79. The van der Waals surface area contributed by atoms with Crippen LogP contribution in [0.3, 0.4) is 0 Å². The Hall–Kier alpha value is -3.71. The highest BCUT2D eigenvalue weighted by Crippen LogP contribution is 2.29. The summed E-state index contributed by atoms with van der Waals surface area (Å²) in [4.78, 5) is 24.0. The number of halogens is 1. The number of hydrazone groups is 1. The molecule has 1 N–H and O–H groups in total. The highest BCUT2D eigenvalue weighted by molar-refractivity contribution is 9.10. The molecule has 6 nitrogen and oxygen atoms in total. The molecule has 0 atom stereocenters. The minimum absolute atomic E-state index is 0.177. The summed E-state index contributed by atoms with van der Waals surface area (Å²) in [6.07, 6.45) is 1.80. The molecule has 0 spiro atoms. The number of benzene rings is 3. The van der Waals surface area contributed by atoms with E-state index in [1.54, 1.807) is 30.3 Å². The summed E-state index contributed by atoms with van der Waals surface area (Å²) in [5.41, 5.74) is 3.69. The zero-order valence-electron chi connectivity index (χ0n) is 17.2. The van der Waals surface area contributed by atoms with Gasteiger partial charge in [-0.25, -0.2) is 4.79 Å². The van der Waals surface area contributed by atoms with Gasteiger partial charge in [-0.2, -0.15) is 10.1 Å². The Bertz CT molecular complexity index is 1250. The topological polar surface area (TPSA) is 79.2 Å². The molecule has 0 saturated carbocycles. The number of nitrogens with zero attached hydrogens (tertiary/aromatic N) is 2. The molecule has 4 rings (SSSR count). The van der Waals surface area contributed by atoms with Crippen molar-refractivity contribution < 1.29 is 19.4 Å². The molecule has 3 aromatic rings. The van der Waals surface area contributed by atoms with Gasteiger partial charge in [-0.1, -0.05) is 36.4 Å². The Morgan fingerprint density at radius 3 is 2.59 bits per heavy atom. The number of carboxylic acids is 1. The molecule has 0 radical (unpaired) electrons. The van der Waals surface area contributed by atoms with Crippen LogP contribution >= 0.6 is 15.9 Å². The summed E-state index contributed by atoms with van der Waals surface area (Å²) in [5, 5.41) is 14.9. The zero-order chi connectivity index (χ0) is 22.7. The van der Waals surface area contributed by atoms with E-state index in [0.717, 1.165) is 21.3 Å². The first kappa shape index (κ1) is 21.5. The van der Waals surface area contributed by atoms with Crippen molar-refractivity contribution >= 4 is 45.3 Å². The van der Waals surface area contributed by atoms with Gasteiger partial charge < -0.3 is 9.84 Å². The van der Waals surface area contributed by atoms with Crippen molar-refractivity contribution in [3.05, 3.63) is 99.5 Å². The fraction of sp³-hybridized carbons (Fsp3) is 0.0800. The lowest BCUT2D eigenvalue weighted by atomic mass is 10.1. The van der Waals surface area contributed by atoms with Gasteiger partial charge in [0, 0.05) is 0 Å². The highest BCUT2D eigenvalue weighted by atomic mass is 79.9. The van der Waals surface area contributed by atoms with Crippen LogP contribution in [-0.2, 0) is 11.4 Å². The molecule has 0 saturated heterocycles. The van der Waals surface area contributed by atoms with E-state index in [1.807, 2.05) is 55.5 Å². The fourth-order valence-electron chi connectivity index (χ4n) is 3.27. The molecule has 1 aliphatic rings. The van der Waals surface area contributed by atoms with Gasteiger partial charge in [0.15, 0.2) is 0 Å². The number of hydrogen-bond acceptors (Lipinski definition) is 4. The number of carboxylic acid groups (broad SMARTS) is 1. The third-order valence-electron chi connectivity index (χ3n) is 4.90. The standard InChI is InChI=1S/C25H19BrN2O4/c1-16-21(24(29)28(27-16)20-8-3-2-4-9-20)13-17-10-11-23(22(26)14-17)32-15-18-6-5-7-19(12-18)25(30)31/h2-14H,15H2,1H3,(H,30,31)/b21-13+. The number of para-hydroxylation sites is 1. The van der Waals surface area contributed by atoms with Crippen LogP contribution in [0.1, 0.15) is 28.4 Å². The first-order valence-electron chi connectivity index (χ1n) is 9.84. The third-order valence-corrected chi connectivity index (χ3v) is 5.52. The van der Waals surface area contributed by atoms with Gasteiger partial charge in [0.1, 0.15) is 12.4 Å². The number of rotatable bonds is 6. The largest absolute Gasteiger partial charge is 0.488 e. The summed E-state index contributed by atoms with van der Waals surface area (Å²) in [5.74, 6) is -0.540. The molecule has 32 heavy (non-hydrogen) atoms. The number of carbonyl (C=O) groups is 2. The maximum Gasteiger partial charge on any atom is 0.335 e. The molecule has 160 valence electrons. The van der Waals surface area contributed by atoms with Crippen LogP contribution in [0.25, 0.3) is 6.08 Å². The van der Waals surface area contributed by atoms with Gasteiger partial charge in [0.25, 0.3) is 5.91 Å². The van der Waals surface area contributed by atoms with E-state index in [1.165, 1.54) is 5.01 Å².